The van der Waals surface area contributed by atoms with Gasteiger partial charge in [0.15, 0.2) is 0 Å². The normalized spacial score (nSPS) is 10.2. The standard InChI is InChI=1S/C3H9N.ClH.H2O3S/c1-2-3-4;;1-4(2)3/h2-4H2,1H3;1H;(H2,1,2,3)/p-1. The zero-order valence-electron chi connectivity index (χ0n) is 5.07. The first kappa shape index (κ1) is 16.2. The fourth-order valence-electron chi connectivity index (χ4n) is 0. The molecule has 0 aromatic carbocycles. The minimum Gasteiger partial charge on any atom is -0.750 e. The summed E-state index contributed by atoms with van der Waals surface area (Å²) in [5.74, 6) is 0. The Kier molecular flexibility index (Phi) is 28.3. The van der Waals surface area contributed by atoms with Crippen LogP contribution in [0.15, 0.2) is 0 Å². The van der Waals surface area contributed by atoms with E-state index in [1.165, 1.54) is 0 Å². The minimum absolute atomic E-state index is 0. The van der Waals surface area contributed by atoms with Crippen LogP contribution in [0.1, 0.15) is 13.3 Å². The lowest BCUT2D eigenvalue weighted by atomic mass is 10.5. The summed E-state index contributed by atoms with van der Waals surface area (Å²) in [6.07, 6.45) is 1.10. The van der Waals surface area contributed by atoms with Crippen LogP contribution < -0.4 is 5.73 Å². The highest BCUT2D eigenvalue weighted by Gasteiger charge is 1.55. The van der Waals surface area contributed by atoms with Crippen molar-refractivity contribution in [3.8, 4) is 0 Å². The van der Waals surface area contributed by atoms with Gasteiger partial charge in [-0.1, -0.05) is 6.92 Å². The Labute approximate surface area is 63.3 Å². The van der Waals surface area contributed by atoms with Crippen LogP contribution >= 0.6 is 12.4 Å². The summed E-state index contributed by atoms with van der Waals surface area (Å²) < 4.78 is 24.1. The van der Waals surface area contributed by atoms with Gasteiger partial charge in [0.25, 0.3) is 0 Å². The summed E-state index contributed by atoms with van der Waals surface area (Å²) in [6, 6.07) is 0. The second kappa shape index (κ2) is 15.8. The molecule has 0 saturated carbocycles. The fourth-order valence-corrected chi connectivity index (χ4v) is 0. The maximum Gasteiger partial charge on any atom is 0.0814 e. The number of nitrogens with two attached hydrogens (primary N) is 1. The molecule has 6 heteroatoms. The molecule has 4 nitrogen and oxygen atoms in total. The molecule has 0 aromatic rings. The van der Waals surface area contributed by atoms with E-state index in [9.17, 15) is 0 Å². The lowest BCUT2D eigenvalue weighted by Gasteiger charge is -1.83. The summed E-state index contributed by atoms with van der Waals surface area (Å²) in [5, 5.41) is 0. The van der Waals surface area contributed by atoms with E-state index in [0.29, 0.717) is 0 Å². The van der Waals surface area contributed by atoms with Gasteiger partial charge in [0.1, 0.15) is 0 Å². The lowest BCUT2D eigenvalue weighted by molar-refractivity contribution is 0.436. The molecule has 0 saturated heterocycles. The van der Waals surface area contributed by atoms with E-state index in [2.05, 4.69) is 6.92 Å². The van der Waals surface area contributed by atoms with E-state index in [1.807, 2.05) is 0 Å². The molecule has 0 heterocycles. The van der Waals surface area contributed by atoms with Crippen molar-refractivity contribution >= 4 is 23.8 Å². The maximum atomic E-state index is 8.56. The predicted octanol–water partition coefficient (Wildman–Crippen LogP) is 0.115. The van der Waals surface area contributed by atoms with Crippen LogP contribution in [0.4, 0.5) is 0 Å². The van der Waals surface area contributed by atoms with Crippen LogP contribution in [0.5, 0.6) is 0 Å². The zero-order valence-corrected chi connectivity index (χ0v) is 6.70. The third-order valence-electron chi connectivity index (χ3n) is 0.289. The highest BCUT2D eigenvalue weighted by molar-refractivity contribution is 7.73. The van der Waals surface area contributed by atoms with Gasteiger partial charge >= 0.3 is 0 Å². The number of rotatable bonds is 1. The molecule has 3 N–H and O–H groups in total. The van der Waals surface area contributed by atoms with Gasteiger partial charge in [-0.05, 0) is 13.0 Å². The smallest absolute Gasteiger partial charge is 0.0814 e. The first-order valence-electron chi connectivity index (χ1n) is 2.13. The number of hydrogen-bond donors (Lipinski definition) is 2. The van der Waals surface area contributed by atoms with Gasteiger partial charge in [-0.3, -0.25) is 0 Å². The molecule has 0 amide bonds. The van der Waals surface area contributed by atoms with E-state index in [4.69, 9.17) is 19.0 Å². The average molecular weight is 177 g/mol. The molecule has 0 aromatic heterocycles. The van der Waals surface area contributed by atoms with Crippen molar-refractivity contribution in [2.75, 3.05) is 6.54 Å². The Hall–Kier alpha value is 0.320. The van der Waals surface area contributed by atoms with Crippen LogP contribution in [-0.4, -0.2) is 19.9 Å². The van der Waals surface area contributed by atoms with Crippen LogP contribution in [-0.2, 0) is 11.4 Å². The number of hydrogen-bond acceptors (Lipinski definition) is 3. The molecule has 60 valence electrons. The molecule has 1 unspecified atom stereocenters. The molecule has 0 bridgehead atoms. The van der Waals surface area contributed by atoms with Gasteiger partial charge in [-0.2, -0.15) is 0 Å². The Balaban J connectivity index is -0.0000000720. The zero-order chi connectivity index (χ0) is 6.99. The van der Waals surface area contributed by atoms with Gasteiger partial charge in [0, 0.05) is 0 Å². The summed E-state index contributed by atoms with van der Waals surface area (Å²) in [4.78, 5) is 0. The van der Waals surface area contributed by atoms with Gasteiger partial charge in [0.05, 0.1) is 11.4 Å². The SMILES string of the molecule is CCCN.Cl.O=S([O-])O. The molecule has 0 rings (SSSR count). The Morgan fingerprint density at radius 1 is 1.78 bits per heavy atom. The molecule has 0 aliphatic heterocycles. The average Bonchev–Trinajstić information content (AvgIpc) is 1.65. The Morgan fingerprint density at radius 3 is 1.89 bits per heavy atom. The molecule has 0 aliphatic rings. The van der Waals surface area contributed by atoms with Crippen molar-refractivity contribution in [2.24, 2.45) is 5.73 Å². The van der Waals surface area contributed by atoms with Crippen molar-refractivity contribution in [1.29, 1.82) is 0 Å². The monoisotopic (exact) mass is 176 g/mol. The van der Waals surface area contributed by atoms with Crippen molar-refractivity contribution in [3.63, 3.8) is 0 Å². The molecule has 0 aliphatic carbocycles. The minimum atomic E-state index is -2.86. The van der Waals surface area contributed by atoms with E-state index in [1.54, 1.807) is 0 Å². The van der Waals surface area contributed by atoms with Gasteiger partial charge in [-0.15, -0.1) is 12.4 Å². The second-order valence-corrected chi connectivity index (χ2v) is 1.44. The molecule has 0 spiro atoms. The molecule has 9 heavy (non-hydrogen) atoms. The molecular weight excluding hydrogens is 166 g/mol. The van der Waals surface area contributed by atoms with Gasteiger partial charge < -0.3 is 14.8 Å². The maximum absolute atomic E-state index is 8.56. The fraction of sp³-hybridized carbons (Fsp3) is 1.00. The number of halogens is 1. The first-order chi connectivity index (χ1) is 3.65. The van der Waals surface area contributed by atoms with Crippen molar-refractivity contribution in [3.05, 3.63) is 0 Å². The molecule has 0 radical (unpaired) electrons. The highest BCUT2D eigenvalue weighted by Crippen LogP contribution is 1.57. The molecular formula is C3H11ClNO3S-. The molecule has 1 atom stereocenters. The van der Waals surface area contributed by atoms with E-state index >= 15 is 0 Å². The summed E-state index contributed by atoms with van der Waals surface area (Å²) in [5.41, 5.74) is 5.03. The van der Waals surface area contributed by atoms with Crippen LogP contribution in [0.25, 0.3) is 0 Å². The third kappa shape index (κ3) is 191. The van der Waals surface area contributed by atoms with Crippen LogP contribution in [0.2, 0.25) is 0 Å². The van der Waals surface area contributed by atoms with Gasteiger partial charge in [-0.25, -0.2) is 4.21 Å². The van der Waals surface area contributed by atoms with E-state index in [0.717, 1.165) is 13.0 Å². The highest BCUT2D eigenvalue weighted by atomic mass is 35.5. The Bertz CT molecular complexity index is 57.0. The van der Waals surface area contributed by atoms with Crippen molar-refractivity contribution in [1.82, 2.24) is 0 Å². The predicted molar refractivity (Wildman–Crippen MR) is 38.1 cm³/mol. The lowest BCUT2D eigenvalue weighted by Crippen LogP contribution is -1.93. The van der Waals surface area contributed by atoms with Crippen molar-refractivity contribution < 1.29 is 13.3 Å². The Morgan fingerprint density at radius 2 is 1.89 bits per heavy atom. The summed E-state index contributed by atoms with van der Waals surface area (Å²) >= 11 is -2.86. The largest absolute Gasteiger partial charge is 0.750 e. The second-order valence-electron chi connectivity index (χ2n) is 1.01. The summed E-state index contributed by atoms with van der Waals surface area (Å²) in [6.45, 7) is 2.88. The summed E-state index contributed by atoms with van der Waals surface area (Å²) in [7, 11) is 0. The van der Waals surface area contributed by atoms with E-state index < -0.39 is 11.4 Å². The van der Waals surface area contributed by atoms with Crippen LogP contribution in [0.3, 0.4) is 0 Å². The van der Waals surface area contributed by atoms with Crippen LogP contribution in [0, 0.1) is 0 Å². The third-order valence-corrected chi connectivity index (χ3v) is 0.289. The quantitative estimate of drug-likeness (QED) is 0.556. The topological polar surface area (TPSA) is 86.4 Å². The first-order valence-corrected chi connectivity index (χ1v) is 3.16. The van der Waals surface area contributed by atoms with Gasteiger partial charge in [0.2, 0.25) is 0 Å². The van der Waals surface area contributed by atoms with Crippen molar-refractivity contribution in [2.45, 2.75) is 13.3 Å². The van der Waals surface area contributed by atoms with E-state index in [-0.39, 0.29) is 12.4 Å². The molecule has 0 fully saturated rings.